The van der Waals surface area contributed by atoms with Crippen molar-refractivity contribution in [2.45, 2.75) is 26.4 Å². The van der Waals surface area contributed by atoms with Crippen LogP contribution in [0.1, 0.15) is 28.5 Å². The molecule has 0 amide bonds. The molecule has 2 aromatic rings. The molecule has 0 aliphatic rings. The van der Waals surface area contributed by atoms with Crippen LogP contribution in [0.4, 0.5) is 0 Å². The zero-order valence-corrected chi connectivity index (χ0v) is 10.5. The molecule has 2 rings (SSSR count). The fourth-order valence-corrected chi connectivity index (χ4v) is 2.35. The van der Waals surface area contributed by atoms with Crippen LogP contribution in [0.3, 0.4) is 0 Å². The van der Waals surface area contributed by atoms with E-state index in [-0.39, 0.29) is 6.04 Å². The van der Waals surface area contributed by atoms with Gasteiger partial charge in [0.15, 0.2) is 5.82 Å². The van der Waals surface area contributed by atoms with Crippen LogP contribution in [0.5, 0.6) is 0 Å². The first-order chi connectivity index (χ1) is 7.70. The van der Waals surface area contributed by atoms with Gasteiger partial charge in [-0.2, -0.15) is 0 Å². The van der Waals surface area contributed by atoms with Crippen molar-refractivity contribution >= 4 is 11.3 Å². The number of tetrazole rings is 1. The number of nitrogens with zero attached hydrogens (tertiary/aromatic N) is 4. The molecule has 2 aromatic heterocycles. The van der Waals surface area contributed by atoms with Crippen LogP contribution in [0, 0.1) is 6.92 Å². The molecule has 1 N–H and O–H groups in total. The molecule has 1 unspecified atom stereocenters. The maximum Gasteiger partial charge on any atom is 0.168 e. The second-order valence-corrected chi connectivity index (χ2v) is 5.09. The monoisotopic (exact) mass is 237 g/mol. The molecular weight excluding hydrogens is 222 g/mol. The van der Waals surface area contributed by atoms with Crippen LogP contribution in [0.2, 0.25) is 0 Å². The molecule has 0 bridgehead atoms. The molecule has 5 nitrogen and oxygen atoms in total. The van der Waals surface area contributed by atoms with E-state index >= 15 is 0 Å². The maximum atomic E-state index is 4.03. The van der Waals surface area contributed by atoms with Gasteiger partial charge >= 0.3 is 0 Å². The number of aromatic nitrogens is 4. The SMILES string of the molecule is CNC(C)c1nnnn1Cc1ccc(C)s1. The van der Waals surface area contributed by atoms with Gasteiger partial charge in [0, 0.05) is 9.75 Å². The summed E-state index contributed by atoms with van der Waals surface area (Å²) in [6.07, 6.45) is 0. The van der Waals surface area contributed by atoms with Crippen molar-refractivity contribution < 1.29 is 0 Å². The second kappa shape index (κ2) is 4.71. The zero-order valence-electron chi connectivity index (χ0n) is 9.64. The number of nitrogens with one attached hydrogen (secondary N) is 1. The van der Waals surface area contributed by atoms with Gasteiger partial charge in [-0.1, -0.05) is 0 Å². The van der Waals surface area contributed by atoms with Gasteiger partial charge in [-0.25, -0.2) is 4.68 Å². The van der Waals surface area contributed by atoms with Crippen LogP contribution >= 0.6 is 11.3 Å². The average molecular weight is 237 g/mol. The molecule has 86 valence electrons. The number of hydrogen-bond acceptors (Lipinski definition) is 5. The largest absolute Gasteiger partial charge is 0.311 e. The normalized spacial score (nSPS) is 12.9. The average Bonchev–Trinajstić information content (AvgIpc) is 2.87. The summed E-state index contributed by atoms with van der Waals surface area (Å²) in [6, 6.07) is 4.40. The number of thiophene rings is 1. The van der Waals surface area contributed by atoms with Crippen molar-refractivity contribution in [3.63, 3.8) is 0 Å². The molecule has 2 heterocycles. The molecular formula is C10H15N5S. The third kappa shape index (κ3) is 2.28. The Balaban J connectivity index is 2.18. The Morgan fingerprint density at radius 3 is 2.94 bits per heavy atom. The molecule has 0 aromatic carbocycles. The fourth-order valence-electron chi connectivity index (χ4n) is 1.48. The smallest absolute Gasteiger partial charge is 0.168 e. The second-order valence-electron chi connectivity index (χ2n) is 3.72. The summed E-state index contributed by atoms with van der Waals surface area (Å²) in [5.74, 6) is 0.869. The highest BCUT2D eigenvalue weighted by atomic mass is 32.1. The number of hydrogen-bond donors (Lipinski definition) is 1. The van der Waals surface area contributed by atoms with E-state index in [4.69, 9.17) is 0 Å². The van der Waals surface area contributed by atoms with Crippen molar-refractivity contribution in [2.24, 2.45) is 0 Å². The summed E-state index contributed by atoms with van der Waals surface area (Å²) in [5, 5.41) is 14.9. The van der Waals surface area contributed by atoms with Crippen LogP contribution in [-0.4, -0.2) is 27.3 Å². The minimum Gasteiger partial charge on any atom is -0.311 e. The van der Waals surface area contributed by atoms with Crippen molar-refractivity contribution in [3.05, 3.63) is 27.7 Å². The van der Waals surface area contributed by atoms with E-state index in [0.29, 0.717) is 0 Å². The predicted molar refractivity (Wildman–Crippen MR) is 63.4 cm³/mol. The third-order valence-corrected chi connectivity index (χ3v) is 3.47. The summed E-state index contributed by atoms with van der Waals surface area (Å²) < 4.78 is 1.84. The summed E-state index contributed by atoms with van der Waals surface area (Å²) in [5.41, 5.74) is 0. The quantitative estimate of drug-likeness (QED) is 0.872. The molecule has 0 saturated carbocycles. The van der Waals surface area contributed by atoms with Gasteiger partial charge in [-0.05, 0) is 43.5 Å². The molecule has 0 fully saturated rings. The van der Waals surface area contributed by atoms with E-state index in [1.54, 1.807) is 11.3 Å². The Bertz CT molecular complexity index is 461. The molecule has 0 aliphatic carbocycles. The van der Waals surface area contributed by atoms with E-state index in [9.17, 15) is 0 Å². The Labute approximate surface area is 98.5 Å². The minimum atomic E-state index is 0.163. The molecule has 16 heavy (non-hydrogen) atoms. The predicted octanol–water partition coefficient (Wildman–Crippen LogP) is 1.37. The first-order valence-electron chi connectivity index (χ1n) is 5.19. The number of rotatable bonds is 4. The van der Waals surface area contributed by atoms with Gasteiger partial charge in [0.1, 0.15) is 0 Å². The summed E-state index contributed by atoms with van der Waals surface area (Å²) in [7, 11) is 1.90. The molecule has 1 atom stereocenters. The van der Waals surface area contributed by atoms with Gasteiger partial charge in [0.2, 0.25) is 0 Å². The lowest BCUT2D eigenvalue weighted by Gasteiger charge is -2.09. The van der Waals surface area contributed by atoms with Crippen LogP contribution < -0.4 is 5.32 Å². The van der Waals surface area contributed by atoms with Crippen molar-refractivity contribution in [1.29, 1.82) is 0 Å². The molecule has 0 spiro atoms. The lowest BCUT2D eigenvalue weighted by molar-refractivity contribution is 0.542. The van der Waals surface area contributed by atoms with Gasteiger partial charge in [-0.15, -0.1) is 16.4 Å². The lowest BCUT2D eigenvalue weighted by atomic mass is 10.3. The van der Waals surface area contributed by atoms with Gasteiger partial charge in [0.05, 0.1) is 12.6 Å². The summed E-state index contributed by atoms with van der Waals surface area (Å²) in [4.78, 5) is 2.58. The minimum absolute atomic E-state index is 0.163. The first-order valence-corrected chi connectivity index (χ1v) is 6.01. The molecule has 0 aliphatic heterocycles. The van der Waals surface area contributed by atoms with Gasteiger partial charge in [0.25, 0.3) is 0 Å². The van der Waals surface area contributed by atoms with E-state index in [1.807, 2.05) is 18.7 Å². The fraction of sp³-hybridized carbons (Fsp3) is 0.500. The zero-order chi connectivity index (χ0) is 11.5. The van der Waals surface area contributed by atoms with Crippen LogP contribution in [-0.2, 0) is 6.54 Å². The van der Waals surface area contributed by atoms with Crippen molar-refractivity contribution in [1.82, 2.24) is 25.5 Å². The van der Waals surface area contributed by atoms with E-state index < -0.39 is 0 Å². The molecule has 0 radical (unpaired) electrons. The Morgan fingerprint density at radius 2 is 2.31 bits per heavy atom. The van der Waals surface area contributed by atoms with Crippen LogP contribution in [0.15, 0.2) is 12.1 Å². The Hall–Kier alpha value is -1.27. The maximum absolute atomic E-state index is 4.03. The standard InChI is InChI=1S/C10H15N5S/c1-7-4-5-9(16-7)6-15-10(8(2)11-3)12-13-14-15/h4-5,8,11H,6H2,1-3H3. The van der Waals surface area contributed by atoms with Crippen molar-refractivity contribution in [3.8, 4) is 0 Å². The highest BCUT2D eigenvalue weighted by molar-refractivity contribution is 7.11. The topological polar surface area (TPSA) is 55.6 Å². The molecule has 6 heteroatoms. The van der Waals surface area contributed by atoms with E-state index in [2.05, 4.69) is 39.9 Å². The lowest BCUT2D eigenvalue weighted by Crippen LogP contribution is -2.18. The Kier molecular flexibility index (Phi) is 3.31. The van der Waals surface area contributed by atoms with E-state index in [0.717, 1.165) is 12.4 Å². The number of aryl methyl sites for hydroxylation is 1. The van der Waals surface area contributed by atoms with Gasteiger partial charge < -0.3 is 5.32 Å². The van der Waals surface area contributed by atoms with Gasteiger partial charge in [-0.3, -0.25) is 0 Å². The summed E-state index contributed by atoms with van der Waals surface area (Å²) >= 11 is 1.78. The third-order valence-electron chi connectivity index (χ3n) is 2.48. The highest BCUT2D eigenvalue weighted by Gasteiger charge is 2.13. The molecule has 0 saturated heterocycles. The van der Waals surface area contributed by atoms with E-state index in [1.165, 1.54) is 9.75 Å². The summed E-state index contributed by atoms with van der Waals surface area (Å²) in [6.45, 7) is 4.89. The van der Waals surface area contributed by atoms with Crippen molar-refractivity contribution in [2.75, 3.05) is 7.05 Å². The Morgan fingerprint density at radius 1 is 1.50 bits per heavy atom. The highest BCUT2D eigenvalue weighted by Crippen LogP contribution is 2.17. The first kappa shape index (κ1) is 11.2. The van der Waals surface area contributed by atoms with Crippen LogP contribution in [0.25, 0.3) is 0 Å².